The summed E-state index contributed by atoms with van der Waals surface area (Å²) < 4.78 is 0. The van der Waals surface area contributed by atoms with Crippen LogP contribution in [0, 0.1) is 0 Å². The van der Waals surface area contributed by atoms with Crippen molar-refractivity contribution < 1.29 is 0 Å². The molecule has 0 aliphatic rings. The maximum absolute atomic E-state index is 6.06. The summed E-state index contributed by atoms with van der Waals surface area (Å²) in [5, 5.41) is 4.36. The van der Waals surface area contributed by atoms with E-state index in [1.165, 1.54) is 0 Å². The number of para-hydroxylation sites is 2. The minimum Gasteiger partial charge on any atom is -0.264 e. The average molecular weight is 284 g/mol. The van der Waals surface area contributed by atoms with Gasteiger partial charge in [-0.1, -0.05) is 29.8 Å². The summed E-state index contributed by atoms with van der Waals surface area (Å²) in [6.45, 7) is 0. The zero-order valence-corrected chi connectivity index (χ0v) is 11.1. The van der Waals surface area contributed by atoms with Crippen molar-refractivity contribution >= 4 is 34.7 Å². The van der Waals surface area contributed by atoms with Gasteiger partial charge in [0.2, 0.25) is 0 Å². The lowest BCUT2D eigenvalue weighted by Gasteiger charge is -2.03. The second kappa shape index (κ2) is 5.63. The van der Waals surface area contributed by atoms with Crippen LogP contribution in [0.1, 0.15) is 5.56 Å². The van der Waals surface area contributed by atoms with Crippen molar-refractivity contribution in [1.29, 1.82) is 0 Å². The highest BCUT2D eigenvalue weighted by Gasteiger charge is 2.04. The van der Waals surface area contributed by atoms with Crippen LogP contribution >= 0.6 is 11.6 Å². The van der Waals surface area contributed by atoms with Gasteiger partial charge >= 0.3 is 0 Å². The molecular weight excluding hydrogens is 274 g/mol. The van der Waals surface area contributed by atoms with Crippen LogP contribution < -0.4 is 5.43 Å². The molecule has 6 heteroatoms. The Morgan fingerprint density at radius 1 is 1.05 bits per heavy atom. The van der Waals surface area contributed by atoms with E-state index in [2.05, 4.69) is 25.5 Å². The lowest BCUT2D eigenvalue weighted by atomic mass is 10.3. The van der Waals surface area contributed by atoms with E-state index in [0.717, 1.165) is 16.6 Å². The minimum absolute atomic E-state index is 0.284. The summed E-state index contributed by atoms with van der Waals surface area (Å²) >= 11 is 6.06. The summed E-state index contributed by atoms with van der Waals surface area (Å²) in [6.07, 6.45) is 5.05. The number of hydrazone groups is 1. The van der Waals surface area contributed by atoms with Gasteiger partial charge in [-0.15, -0.1) is 0 Å². The summed E-state index contributed by atoms with van der Waals surface area (Å²) in [5.74, 6) is 0.422. The molecule has 5 nitrogen and oxygen atoms in total. The van der Waals surface area contributed by atoms with Crippen molar-refractivity contribution in [3.8, 4) is 0 Å². The third-order valence-electron chi connectivity index (χ3n) is 2.60. The molecule has 98 valence electrons. The minimum atomic E-state index is 0.284. The Kier molecular flexibility index (Phi) is 3.52. The third kappa shape index (κ3) is 2.73. The van der Waals surface area contributed by atoms with Crippen LogP contribution in [-0.2, 0) is 0 Å². The molecule has 0 fully saturated rings. The van der Waals surface area contributed by atoms with Gasteiger partial charge < -0.3 is 0 Å². The van der Waals surface area contributed by atoms with Crippen LogP contribution in [-0.4, -0.2) is 21.2 Å². The number of anilines is 1. The quantitative estimate of drug-likeness (QED) is 0.592. The van der Waals surface area contributed by atoms with Crippen molar-refractivity contribution in [2.75, 3.05) is 5.43 Å². The molecule has 1 aromatic carbocycles. The van der Waals surface area contributed by atoms with Gasteiger partial charge in [0.15, 0.2) is 11.0 Å². The first-order chi connectivity index (χ1) is 9.83. The van der Waals surface area contributed by atoms with Crippen molar-refractivity contribution in [2.45, 2.75) is 0 Å². The molecular formula is C14H10ClN5. The molecule has 0 aliphatic carbocycles. The van der Waals surface area contributed by atoms with Crippen LogP contribution in [0.3, 0.4) is 0 Å². The summed E-state index contributed by atoms with van der Waals surface area (Å²) in [7, 11) is 0. The van der Waals surface area contributed by atoms with E-state index in [1.807, 2.05) is 36.4 Å². The number of aromatic nitrogens is 3. The van der Waals surface area contributed by atoms with Crippen LogP contribution in [0.4, 0.5) is 5.82 Å². The van der Waals surface area contributed by atoms with Crippen LogP contribution in [0.5, 0.6) is 0 Å². The zero-order valence-electron chi connectivity index (χ0n) is 10.4. The Labute approximate surface area is 120 Å². The van der Waals surface area contributed by atoms with Gasteiger partial charge in [0.05, 0.1) is 17.2 Å². The van der Waals surface area contributed by atoms with Gasteiger partial charge in [0.1, 0.15) is 0 Å². The number of hydrogen-bond acceptors (Lipinski definition) is 5. The van der Waals surface area contributed by atoms with Gasteiger partial charge in [0, 0.05) is 18.0 Å². The van der Waals surface area contributed by atoms with E-state index >= 15 is 0 Å². The predicted octanol–water partition coefficient (Wildman–Crippen LogP) is 3.12. The Balaban J connectivity index is 1.84. The normalized spacial score (nSPS) is 11.1. The zero-order chi connectivity index (χ0) is 13.8. The molecule has 3 rings (SSSR count). The lowest BCUT2D eigenvalue weighted by Crippen LogP contribution is -1.97. The van der Waals surface area contributed by atoms with E-state index in [0.29, 0.717) is 5.82 Å². The molecule has 0 bridgehead atoms. The molecule has 0 saturated carbocycles. The molecule has 3 aromatic rings. The molecule has 2 aromatic heterocycles. The molecule has 0 amide bonds. The molecule has 0 atom stereocenters. The van der Waals surface area contributed by atoms with E-state index in [9.17, 15) is 0 Å². The Hall–Kier alpha value is -2.53. The number of pyridine rings is 1. The van der Waals surface area contributed by atoms with Gasteiger partial charge in [-0.3, -0.25) is 10.4 Å². The fourth-order valence-electron chi connectivity index (χ4n) is 1.67. The monoisotopic (exact) mass is 283 g/mol. The second-order valence-corrected chi connectivity index (χ2v) is 4.37. The SMILES string of the molecule is Clc1nc2ccccc2nc1N/N=C/c1cccnc1. The molecule has 20 heavy (non-hydrogen) atoms. The molecule has 2 heterocycles. The highest BCUT2D eigenvalue weighted by Crippen LogP contribution is 2.20. The Morgan fingerprint density at radius 3 is 2.60 bits per heavy atom. The Morgan fingerprint density at radius 2 is 1.85 bits per heavy atom. The first-order valence-corrected chi connectivity index (χ1v) is 6.32. The fraction of sp³-hybridized carbons (Fsp3) is 0. The standard InChI is InChI=1S/C14H10ClN5/c15-13-14(19-12-6-2-1-5-11(12)18-13)20-17-9-10-4-3-7-16-8-10/h1-9H,(H,19,20)/b17-9+. The number of hydrogen-bond donors (Lipinski definition) is 1. The van der Waals surface area contributed by atoms with Crippen LogP contribution in [0.25, 0.3) is 11.0 Å². The van der Waals surface area contributed by atoms with Crippen LogP contribution in [0.2, 0.25) is 5.15 Å². The number of nitrogens with one attached hydrogen (secondary N) is 1. The highest BCUT2D eigenvalue weighted by atomic mass is 35.5. The van der Waals surface area contributed by atoms with E-state index in [-0.39, 0.29) is 5.15 Å². The summed E-state index contributed by atoms with van der Waals surface area (Å²) in [6, 6.07) is 11.2. The van der Waals surface area contributed by atoms with Crippen molar-refractivity contribution in [3.63, 3.8) is 0 Å². The first kappa shape index (κ1) is 12.5. The van der Waals surface area contributed by atoms with Crippen molar-refractivity contribution in [3.05, 3.63) is 59.5 Å². The third-order valence-corrected chi connectivity index (χ3v) is 2.86. The molecule has 0 unspecified atom stereocenters. The number of halogens is 1. The van der Waals surface area contributed by atoms with Gasteiger partial charge in [-0.05, 0) is 18.2 Å². The smallest absolute Gasteiger partial charge is 0.185 e. The first-order valence-electron chi connectivity index (χ1n) is 5.94. The predicted molar refractivity (Wildman–Crippen MR) is 80.0 cm³/mol. The molecule has 1 N–H and O–H groups in total. The summed E-state index contributed by atoms with van der Waals surface area (Å²) in [5.41, 5.74) is 5.18. The number of benzene rings is 1. The molecule has 0 spiro atoms. The van der Waals surface area contributed by atoms with Gasteiger partial charge in [-0.2, -0.15) is 5.10 Å². The van der Waals surface area contributed by atoms with E-state index in [4.69, 9.17) is 11.6 Å². The van der Waals surface area contributed by atoms with Gasteiger partial charge in [0.25, 0.3) is 0 Å². The second-order valence-electron chi connectivity index (χ2n) is 4.01. The Bertz CT molecular complexity index is 758. The number of nitrogens with zero attached hydrogens (tertiary/aromatic N) is 4. The number of fused-ring (bicyclic) bond motifs is 1. The molecule has 0 saturated heterocycles. The average Bonchev–Trinajstić information content (AvgIpc) is 2.49. The summed E-state index contributed by atoms with van der Waals surface area (Å²) in [4.78, 5) is 12.6. The lowest BCUT2D eigenvalue weighted by molar-refractivity contribution is 1.21. The molecule has 0 aliphatic heterocycles. The molecule has 0 radical (unpaired) electrons. The fourth-order valence-corrected chi connectivity index (χ4v) is 1.85. The highest BCUT2D eigenvalue weighted by molar-refractivity contribution is 6.32. The van der Waals surface area contributed by atoms with E-state index < -0.39 is 0 Å². The number of rotatable bonds is 3. The maximum Gasteiger partial charge on any atom is 0.185 e. The van der Waals surface area contributed by atoms with Crippen molar-refractivity contribution in [2.24, 2.45) is 5.10 Å². The van der Waals surface area contributed by atoms with Crippen molar-refractivity contribution in [1.82, 2.24) is 15.0 Å². The largest absolute Gasteiger partial charge is 0.264 e. The topological polar surface area (TPSA) is 63.1 Å². The maximum atomic E-state index is 6.06. The van der Waals surface area contributed by atoms with Crippen LogP contribution in [0.15, 0.2) is 53.9 Å². The van der Waals surface area contributed by atoms with Gasteiger partial charge in [-0.25, -0.2) is 9.97 Å². The van der Waals surface area contributed by atoms with E-state index in [1.54, 1.807) is 18.6 Å².